The number of hydrogen-bond donors (Lipinski definition) is 2. The highest BCUT2D eigenvalue weighted by atomic mass is 16.1. The van der Waals surface area contributed by atoms with Crippen LogP contribution in [0, 0.1) is 22.7 Å². The second-order valence-electron chi connectivity index (χ2n) is 5.80. The minimum absolute atomic E-state index is 0.105. The van der Waals surface area contributed by atoms with Gasteiger partial charge in [0.15, 0.2) is 0 Å². The molecule has 18 heavy (non-hydrogen) atoms. The average molecular weight is 253 g/mol. The van der Waals surface area contributed by atoms with Crippen molar-refractivity contribution in [2.75, 3.05) is 19.6 Å². The van der Waals surface area contributed by atoms with Crippen LogP contribution in [0.5, 0.6) is 0 Å². The molecule has 0 aliphatic rings. The molecule has 4 nitrogen and oxygen atoms in total. The van der Waals surface area contributed by atoms with Crippen LogP contribution in [-0.2, 0) is 4.79 Å². The number of carbonyl (C=O) groups excluding carboxylic acids is 1. The number of nitrogens with zero attached hydrogens (tertiary/aromatic N) is 1. The molecule has 0 fully saturated rings. The quantitative estimate of drug-likeness (QED) is 0.618. The van der Waals surface area contributed by atoms with Crippen molar-refractivity contribution in [1.29, 1.82) is 5.26 Å². The van der Waals surface area contributed by atoms with Gasteiger partial charge in [-0.15, -0.1) is 0 Å². The van der Waals surface area contributed by atoms with E-state index >= 15 is 0 Å². The minimum atomic E-state index is -0.240. The van der Waals surface area contributed by atoms with Crippen LogP contribution in [0.4, 0.5) is 0 Å². The number of amides is 1. The van der Waals surface area contributed by atoms with Gasteiger partial charge in [-0.3, -0.25) is 4.79 Å². The van der Waals surface area contributed by atoms with Crippen LogP contribution < -0.4 is 10.6 Å². The smallest absolute Gasteiger partial charge is 0.221 e. The molecule has 0 radical (unpaired) electrons. The van der Waals surface area contributed by atoms with E-state index in [1.165, 1.54) is 0 Å². The summed E-state index contributed by atoms with van der Waals surface area (Å²) < 4.78 is 0. The minimum Gasteiger partial charge on any atom is -0.356 e. The molecule has 0 aliphatic heterocycles. The predicted molar refractivity (Wildman–Crippen MR) is 74.0 cm³/mol. The Balaban J connectivity index is 3.41. The van der Waals surface area contributed by atoms with Gasteiger partial charge >= 0.3 is 0 Å². The Morgan fingerprint density at radius 1 is 1.33 bits per heavy atom. The van der Waals surface area contributed by atoms with E-state index in [9.17, 15) is 4.79 Å². The van der Waals surface area contributed by atoms with E-state index in [-0.39, 0.29) is 11.3 Å². The summed E-state index contributed by atoms with van der Waals surface area (Å²) in [4.78, 5) is 11.4. The van der Waals surface area contributed by atoms with Crippen LogP contribution in [0.25, 0.3) is 0 Å². The normalized spacial score (nSPS) is 11.3. The fraction of sp³-hybridized carbons (Fsp3) is 0.857. The molecule has 0 unspecified atom stereocenters. The number of hydrogen-bond acceptors (Lipinski definition) is 3. The SMILES string of the molecule is CC(C)CNC(=O)CCNCCCC(C)(C)C#N. The monoisotopic (exact) mass is 253 g/mol. The molecule has 0 atom stereocenters. The topological polar surface area (TPSA) is 64.9 Å². The fourth-order valence-corrected chi connectivity index (χ4v) is 1.44. The highest BCUT2D eigenvalue weighted by Gasteiger charge is 2.15. The molecule has 0 aliphatic carbocycles. The van der Waals surface area contributed by atoms with Crippen LogP contribution in [0.2, 0.25) is 0 Å². The summed E-state index contributed by atoms with van der Waals surface area (Å²) in [7, 11) is 0. The molecule has 0 saturated heterocycles. The Labute approximate surface area is 111 Å². The summed E-state index contributed by atoms with van der Waals surface area (Å²) in [6.07, 6.45) is 2.37. The molecule has 1 amide bonds. The third-order valence-corrected chi connectivity index (χ3v) is 2.69. The largest absolute Gasteiger partial charge is 0.356 e. The summed E-state index contributed by atoms with van der Waals surface area (Å²) in [6, 6.07) is 2.29. The number of carbonyl (C=O) groups is 1. The maximum absolute atomic E-state index is 11.4. The van der Waals surface area contributed by atoms with Gasteiger partial charge in [0.1, 0.15) is 0 Å². The van der Waals surface area contributed by atoms with Gasteiger partial charge in [-0.2, -0.15) is 5.26 Å². The molecule has 0 heterocycles. The Bertz CT molecular complexity index is 279. The molecule has 2 N–H and O–H groups in total. The molecule has 0 aromatic rings. The second-order valence-corrected chi connectivity index (χ2v) is 5.80. The second kappa shape index (κ2) is 8.93. The maximum Gasteiger partial charge on any atom is 0.221 e. The van der Waals surface area contributed by atoms with Gasteiger partial charge in [-0.25, -0.2) is 0 Å². The summed E-state index contributed by atoms with van der Waals surface area (Å²) in [6.45, 7) is 10.4. The van der Waals surface area contributed by atoms with Crippen molar-refractivity contribution in [2.45, 2.75) is 47.0 Å². The molecule has 0 spiro atoms. The predicted octanol–water partition coefficient (Wildman–Crippen LogP) is 2.07. The van der Waals surface area contributed by atoms with Gasteiger partial charge in [0.2, 0.25) is 5.91 Å². The highest BCUT2D eigenvalue weighted by Crippen LogP contribution is 2.19. The van der Waals surface area contributed by atoms with Crippen molar-refractivity contribution in [1.82, 2.24) is 10.6 Å². The molecule has 4 heteroatoms. The van der Waals surface area contributed by atoms with E-state index in [0.29, 0.717) is 18.9 Å². The lowest BCUT2D eigenvalue weighted by Crippen LogP contribution is -2.30. The molecule has 0 rings (SSSR count). The molecule has 104 valence electrons. The number of nitriles is 1. The molecular weight excluding hydrogens is 226 g/mol. The first kappa shape index (κ1) is 16.9. The zero-order valence-corrected chi connectivity index (χ0v) is 12.2. The first-order valence-electron chi connectivity index (χ1n) is 6.76. The third-order valence-electron chi connectivity index (χ3n) is 2.69. The standard InChI is InChI=1S/C14H27N3O/c1-12(2)10-17-13(18)6-9-16-8-5-7-14(3,4)11-15/h12,16H,5-10H2,1-4H3,(H,17,18). The number of rotatable bonds is 9. The highest BCUT2D eigenvalue weighted by molar-refractivity contribution is 5.76. The van der Waals surface area contributed by atoms with E-state index in [2.05, 4.69) is 30.6 Å². The van der Waals surface area contributed by atoms with Crippen LogP contribution in [0.1, 0.15) is 47.0 Å². The average Bonchev–Trinajstić information content (AvgIpc) is 2.31. The summed E-state index contributed by atoms with van der Waals surface area (Å²) in [5.41, 5.74) is -0.240. The first-order chi connectivity index (χ1) is 8.37. The lowest BCUT2D eigenvalue weighted by molar-refractivity contribution is -0.121. The van der Waals surface area contributed by atoms with E-state index in [0.717, 1.165) is 25.9 Å². The van der Waals surface area contributed by atoms with Crippen molar-refractivity contribution in [3.05, 3.63) is 0 Å². The van der Waals surface area contributed by atoms with E-state index in [1.807, 2.05) is 13.8 Å². The van der Waals surface area contributed by atoms with Crippen molar-refractivity contribution in [3.63, 3.8) is 0 Å². The number of nitrogens with one attached hydrogen (secondary N) is 2. The fourth-order valence-electron chi connectivity index (χ4n) is 1.44. The molecule has 0 saturated carbocycles. The zero-order valence-electron chi connectivity index (χ0n) is 12.2. The first-order valence-corrected chi connectivity index (χ1v) is 6.76. The summed E-state index contributed by atoms with van der Waals surface area (Å²) in [5, 5.41) is 15.0. The summed E-state index contributed by atoms with van der Waals surface area (Å²) in [5.74, 6) is 0.601. The lowest BCUT2D eigenvalue weighted by atomic mass is 9.90. The van der Waals surface area contributed by atoms with Gasteiger partial charge in [0.25, 0.3) is 0 Å². The Kier molecular flexibility index (Phi) is 8.40. The van der Waals surface area contributed by atoms with Crippen molar-refractivity contribution in [3.8, 4) is 6.07 Å². The van der Waals surface area contributed by atoms with Gasteiger partial charge in [0, 0.05) is 19.5 Å². The van der Waals surface area contributed by atoms with Gasteiger partial charge in [-0.1, -0.05) is 13.8 Å². The van der Waals surface area contributed by atoms with Crippen LogP contribution in [-0.4, -0.2) is 25.5 Å². The van der Waals surface area contributed by atoms with Gasteiger partial charge in [-0.05, 0) is 39.2 Å². The van der Waals surface area contributed by atoms with Gasteiger partial charge < -0.3 is 10.6 Å². The molecule has 0 bridgehead atoms. The zero-order chi connectivity index (χ0) is 14.0. The Morgan fingerprint density at radius 2 is 2.00 bits per heavy atom. The van der Waals surface area contributed by atoms with Gasteiger partial charge in [0.05, 0.1) is 11.5 Å². The van der Waals surface area contributed by atoms with Crippen LogP contribution in [0.15, 0.2) is 0 Å². The third kappa shape index (κ3) is 10.1. The lowest BCUT2D eigenvalue weighted by Gasteiger charge is -2.14. The van der Waals surface area contributed by atoms with Crippen molar-refractivity contribution >= 4 is 5.91 Å². The Hall–Kier alpha value is -1.08. The molecular formula is C14H27N3O. The Morgan fingerprint density at radius 3 is 2.56 bits per heavy atom. The molecule has 0 aromatic heterocycles. The molecule has 0 aromatic carbocycles. The van der Waals surface area contributed by atoms with E-state index in [1.54, 1.807) is 0 Å². The van der Waals surface area contributed by atoms with Crippen LogP contribution >= 0.6 is 0 Å². The van der Waals surface area contributed by atoms with Crippen molar-refractivity contribution in [2.24, 2.45) is 11.3 Å². The maximum atomic E-state index is 11.4. The summed E-state index contributed by atoms with van der Waals surface area (Å²) >= 11 is 0. The van der Waals surface area contributed by atoms with Crippen molar-refractivity contribution < 1.29 is 4.79 Å². The van der Waals surface area contributed by atoms with E-state index in [4.69, 9.17) is 5.26 Å². The van der Waals surface area contributed by atoms with E-state index < -0.39 is 0 Å². The van der Waals surface area contributed by atoms with Crippen LogP contribution in [0.3, 0.4) is 0 Å².